The molecule has 0 aliphatic carbocycles. The minimum absolute atomic E-state index is 0.132. The van der Waals surface area contributed by atoms with Crippen LogP contribution in [-0.2, 0) is 0 Å². The number of aromatic nitrogens is 1. The van der Waals surface area contributed by atoms with Gasteiger partial charge in [-0.1, -0.05) is 43.6 Å². The molecule has 0 saturated heterocycles. The van der Waals surface area contributed by atoms with Gasteiger partial charge in [-0.15, -0.1) is 0 Å². The van der Waals surface area contributed by atoms with Crippen LogP contribution in [-0.4, -0.2) is 21.2 Å². The summed E-state index contributed by atoms with van der Waals surface area (Å²) in [6, 6.07) is 12.2. The van der Waals surface area contributed by atoms with E-state index in [9.17, 15) is 15.0 Å². The van der Waals surface area contributed by atoms with Crippen LogP contribution < -0.4 is 0 Å². The van der Waals surface area contributed by atoms with E-state index in [1.165, 1.54) is 0 Å². The highest BCUT2D eigenvalue weighted by atomic mass is 35.5. The highest BCUT2D eigenvalue weighted by Crippen LogP contribution is 2.36. The molecule has 0 radical (unpaired) electrons. The summed E-state index contributed by atoms with van der Waals surface area (Å²) in [7, 11) is 0. The lowest BCUT2D eigenvalue weighted by atomic mass is 9.97. The van der Waals surface area contributed by atoms with E-state index in [-0.39, 0.29) is 22.9 Å². The van der Waals surface area contributed by atoms with Gasteiger partial charge >= 0.3 is 5.97 Å². The number of rotatable bonds is 3. The Morgan fingerprint density at radius 1 is 1.12 bits per heavy atom. The summed E-state index contributed by atoms with van der Waals surface area (Å²) >= 11 is 5.89. The Labute approximate surface area is 144 Å². The zero-order valence-corrected chi connectivity index (χ0v) is 14.0. The fraction of sp³-hybridized carbons (Fsp3) is 0.158. The van der Waals surface area contributed by atoms with Gasteiger partial charge in [0.05, 0.1) is 5.52 Å². The maximum absolute atomic E-state index is 11.7. The summed E-state index contributed by atoms with van der Waals surface area (Å²) in [5.74, 6) is -1.27. The molecule has 2 N–H and O–H groups in total. The molecular formula is C19H16ClNO3. The van der Waals surface area contributed by atoms with Crippen molar-refractivity contribution in [3.05, 3.63) is 58.6 Å². The first kappa shape index (κ1) is 16.3. The van der Waals surface area contributed by atoms with Crippen LogP contribution in [0.3, 0.4) is 0 Å². The van der Waals surface area contributed by atoms with E-state index < -0.39 is 5.97 Å². The Morgan fingerprint density at radius 2 is 1.79 bits per heavy atom. The highest BCUT2D eigenvalue weighted by molar-refractivity contribution is 6.30. The van der Waals surface area contributed by atoms with Crippen molar-refractivity contribution < 1.29 is 15.0 Å². The van der Waals surface area contributed by atoms with Gasteiger partial charge in [0.15, 0.2) is 5.75 Å². The number of nitrogens with zero attached hydrogens (tertiary/aromatic N) is 1. The predicted molar refractivity (Wildman–Crippen MR) is 94.9 cm³/mol. The fourth-order valence-electron chi connectivity index (χ4n) is 2.66. The van der Waals surface area contributed by atoms with Crippen LogP contribution in [0.2, 0.25) is 5.02 Å². The minimum atomic E-state index is -1.18. The van der Waals surface area contributed by atoms with Gasteiger partial charge in [0.2, 0.25) is 0 Å². The zero-order chi connectivity index (χ0) is 17.4. The van der Waals surface area contributed by atoms with Crippen molar-refractivity contribution >= 4 is 28.5 Å². The van der Waals surface area contributed by atoms with Crippen molar-refractivity contribution in [2.75, 3.05) is 0 Å². The molecule has 0 spiro atoms. The van der Waals surface area contributed by atoms with Crippen LogP contribution in [0.4, 0.5) is 0 Å². The predicted octanol–water partition coefficient (Wildman–Crippen LogP) is 5.08. The third-order valence-corrected chi connectivity index (χ3v) is 4.23. The zero-order valence-electron chi connectivity index (χ0n) is 13.2. The third-order valence-electron chi connectivity index (χ3n) is 3.98. The van der Waals surface area contributed by atoms with Crippen molar-refractivity contribution in [3.8, 4) is 17.0 Å². The summed E-state index contributed by atoms with van der Waals surface area (Å²) in [6.07, 6.45) is 0. The average Bonchev–Trinajstić information content (AvgIpc) is 2.54. The smallest absolute Gasteiger partial charge is 0.340 e. The Balaban J connectivity index is 2.33. The molecule has 0 aliphatic heterocycles. The second-order valence-electron chi connectivity index (χ2n) is 5.93. The van der Waals surface area contributed by atoms with Crippen LogP contribution in [0.25, 0.3) is 22.2 Å². The molecule has 0 bridgehead atoms. The first-order chi connectivity index (χ1) is 11.4. The monoisotopic (exact) mass is 341 g/mol. The Morgan fingerprint density at radius 3 is 2.38 bits per heavy atom. The fourth-order valence-corrected chi connectivity index (χ4v) is 2.78. The van der Waals surface area contributed by atoms with Gasteiger partial charge in [0.25, 0.3) is 0 Å². The SMILES string of the molecule is CC(C)c1ccc2nc(-c3ccc(Cl)cc3)c(O)c(C(=O)O)c2c1. The number of hydrogen-bond donors (Lipinski definition) is 2. The third kappa shape index (κ3) is 2.81. The molecule has 24 heavy (non-hydrogen) atoms. The number of carboxylic acids is 1. The Kier molecular flexibility index (Phi) is 4.16. The molecule has 0 fully saturated rings. The lowest BCUT2D eigenvalue weighted by Crippen LogP contribution is -2.02. The molecule has 3 rings (SSSR count). The molecule has 0 atom stereocenters. The molecule has 3 aromatic rings. The lowest BCUT2D eigenvalue weighted by Gasteiger charge is -2.13. The van der Waals surface area contributed by atoms with Crippen LogP contribution in [0.15, 0.2) is 42.5 Å². The number of halogens is 1. The second kappa shape index (κ2) is 6.13. The quantitative estimate of drug-likeness (QED) is 0.696. The van der Waals surface area contributed by atoms with Gasteiger partial charge in [0.1, 0.15) is 11.3 Å². The van der Waals surface area contributed by atoms with Crippen molar-refractivity contribution in [2.45, 2.75) is 19.8 Å². The summed E-state index contributed by atoms with van der Waals surface area (Å²) in [5, 5.41) is 21.1. The van der Waals surface area contributed by atoms with Gasteiger partial charge in [-0.3, -0.25) is 0 Å². The Hall–Kier alpha value is -2.59. The number of carboxylic acid groups (broad SMARTS) is 1. The molecule has 0 aliphatic rings. The number of aromatic hydroxyl groups is 1. The van der Waals surface area contributed by atoms with E-state index in [1.807, 2.05) is 19.9 Å². The van der Waals surface area contributed by atoms with Crippen LogP contribution >= 0.6 is 11.6 Å². The van der Waals surface area contributed by atoms with Crippen LogP contribution in [0.5, 0.6) is 5.75 Å². The molecule has 2 aromatic carbocycles. The number of aromatic carboxylic acids is 1. The van der Waals surface area contributed by atoms with E-state index >= 15 is 0 Å². The van der Waals surface area contributed by atoms with Crippen LogP contribution in [0.1, 0.15) is 35.7 Å². The average molecular weight is 342 g/mol. The minimum Gasteiger partial charge on any atom is -0.505 e. The van der Waals surface area contributed by atoms with Crippen molar-refractivity contribution in [3.63, 3.8) is 0 Å². The molecule has 122 valence electrons. The maximum atomic E-state index is 11.7. The van der Waals surface area contributed by atoms with Gasteiger partial charge in [0, 0.05) is 16.0 Å². The van der Waals surface area contributed by atoms with E-state index in [4.69, 9.17) is 11.6 Å². The summed E-state index contributed by atoms with van der Waals surface area (Å²) in [4.78, 5) is 16.2. The maximum Gasteiger partial charge on any atom is 0.340 e. The van der Waals surface area contributed by atoms with Gasteiger partial charge < -0.3 is 10.2 Å². The van der Waals surface area contributed by atoms with Gasteiger partial charge in [-0.05, 0) is 35.7 Å². The summed E-state index contributed by atoms with van der Waals surface area (Å²) in [5.41, 5.74) is 2.22. The second-order valence-corrected chi connectivity index (χ2v) is 6.36. The molecule has 4 nitrogen and oxygen atoms in total. The van der Waals surface area contributed by atoms with E-state index in [2.05, 4.69) is 4.98 Å². The van der Waals surface area contributed by atoms with E-state index in [0.29, 0.717) is 21.5 Å². The molecular weight excluding hydrogens is 326 g/mol. The lowest BCUT2D eigenvalue weighted by molar-refractivity contribution is 0.0696. The first-order valence-corrected chi connectivity index (χ1v) is 7.92. The Bertz CT molecular complexity index is 933. The van der Waals surface area contributed by atoms with Crippen molar-refractivity contribution in [2.24, 2.45) is 0 Å². The highest BCUT2D eigenvalue weighted by Gasteiger charge is 2.21. The molecule has 5 heteroatoms. The molecule has 1 heterocycles. The molecule has 0 saturated carbocycles. The number of fused-ring (bicyclic) bond motifs is 1. The molecule has 0 amide bonds. The van der Waals surface area contributed by atoms with E-state index in [0.717, 1.165) is 5.56 Å². The van der Waals surface area contributed by atoms with Crippen molar-refractivity contribution in [1.29, 1.82) is 0 Å². The number of pyridine rings is 1. The van der Waals surface area contributed by atoms with E-state index in [1.54, 1.807) is 36.4 Å². The molecule has 0 unspecified atom stereocenters. The van der Waals surface area contributed by atoms with Gasteiger partial charge in [-0.25, -0.2) is 9.78 Å². The number of benzene rings is 2. The van der Waals surface area contributed by atoms with Crippen LogP contribution in [0, 0.1) is 0 Å². The van der Waals surface area contributed by atoms with Gasteiger partial charge in [-0.2, -0.15) is 0 Å². The summed E-state index contributed by atoms with van der Waals surface area (Å²) < 4.78 is 0. The van der Waals surface area contributed by atoms with Crippen molar-refractivity contribution in [1.82, 2.24) is 4.98 Å². The topological polar surface area (TPSA) is 70.4 Å². The normalized spacial score (nSPS) is 11.2. The number of carbonyl (C=O) groups is 1. The summed E-state index contributed by atoms with van der Waals surface area (Å²) in [6.45, 7) is 4.05. The first-order valence-electron chi connectivity index (χ1n) is 7.54. The molecule has 1 aromatic heterocycles. The number of hydrogen-bond acceptors (Lipinski definition) is 3. The largest absolute Gasteiger partial charge is 0.505 e. The standard InChI is InChI=1S/C19H16ClNO3/c1-10(2)12-5-8-15-14(9-12)16(19(23)24)18(22)17(21-15)11-3-6-13(20)7-4-11/h3-10,22H,1-2H3,(H,23,24).